The number of carboxylic acid groups (broad SMARTS) is 1. The van der Waals surface area contributed by atoms with Crippen LogP contribution < -0.4 is 0 Å². The fourth-order valence-electron chi connectivity index (χ4n) is 3.02. The molecule has 0 aromatic rings. The zero-order valence-electron chi connectivity index (χ0n) is 12.4. The molecule has 1 amide bonds. The Morgan fingerprint density at radius 2 is 2.05 bits per heavy atom. The number of carbonyl (C=O) groups is 1. The summed E-state index contributed by atoms with van der Waals surface area (Å²) in [7, 11) is 0. The van der Waals surface area contributed by atoms with Crippen molar-refractivity contribution >= 4 is 6.09 Å². The van der Waals surface area contributed by atoms with E-state index in [0.717, 1.165) is 18.6 Å². The van der Waals surface area contributed by atoms with E-state index < -0.39 is 6.09 Å². The van der Waals surface area contributed by atoms with Crippen LogP contribution >= 0.6 is 0 Å². The third-order valence-corrected chi connectivity index (χ3v) is 4.14. The Balaban J connectivity index is 1.77. The van der Waals surface area contributed by atoms with Crippen LogP contribution in [0.3, 0.4) is 0 Å². The van der Waals surface area contributed by atoms with E-state index in [2.05, 4.69) is 23.1 Å². The first kappa shape index (κ1) is 14.7. The van der Waals surface area contributed by atoms with E-state index in [0.29, 0.717) is 26.2 Å². The highest BCUT2D eigenvalue weighted by Crippen LogP contribution is 2.28. The molecule has 1 saturated heterocycles. The lowest BCUT2D eigenvalue weighted by atomic mass is 9.94. The number of amides is 1. The smallest absolute Gasteiger partial charge is 0.407 e. The predicted molar refractivity (Wildman–Crippen MR) is 80.8 cm³/mol. The first-order valence-corrected chi connectivity index (χ1v) is 7.50. The average Bonchev–Trinajstić information content (AvgIpc) is 2.57. The highest BCUT2D eigenvalue weighted by molar-refractivity contribution is 5.65. The molecule has 3 aliphatic rings. The molecule has 1 fully saturated rings. The van der Waals surface area contributed by atoms with Gasteiger partial charge in [0, 0.05) is 26.2 Å². The van der Waals surface area contributed by atoms with Crippen LogP contribution in [0.25, 0.3) is 0 Å². The second-order valence-electron chi connectivity index (χ2n) is 5.46. The molecule has 0 bridgehead atoms. The summed E-state index contributed by atoms with van der Waals surface area (Å²) in [5, 5.41) is 9.08. The van der Waals surface area contributed by atoms with Gasteiger partial charge in [-0.25, -0.2) is 4.79 Å². The molecule has 118 valence electrons. The van der Waals surface area contributed by atoms with Crippen molar-refractivity contribution in [1.29, 1.82) is 0 Å². The minimum absolute atomic E-state index is 0.00541. The Hall–Kier alpha value is -2.21. The maximum Gasteiger partial charge on any atom is 0.407 e. The van der Waals surface area contributed by atoms with Gasteiger partial charge in [-0.1, -0.05) is 18.2 Å². The number of hydrogen-bond donors (Lipinski definition) is 1. The minimum atomic E-state index is -0.851. The van der Waals surface area contributed by atoms with E-state index in [1.807, 2.05) is 0 Å². The number of ether oxygens (including phenoxy) is 2. The summed E-state index contributed by atoms with van der Waals surface area (Å²) in [6, 6.07) is 0.00541. The van der Waals surface area contributed by atoms with E-state index in [4.69, 9.17) is 14.6 Å². The van der Waals surface area contributed by atoms with Gasteiger partial charge in [-0.15, -0.1) is 0 Å². The molecule has 6 nitrogen and oxygen atoms in total. The van der Waals surface area contributed by atoms with Gasteiger partial charge in [0.2, 0.25) is 0 Å². The molecule has 1 N–H and O–H groups in total. The number of hydrogen-bond acceptors (Lipinski definition) is 4. The Morgan fingerprint density at radius 3 is 2.64 bits per heavy atom. The minimum Gasteiger partial charge on any atom is -0.466 e. The number of allylic oxidation sites excluding steroid dienone is 3. The van der Waals surface area contributed by atoms with Gasteiger partial charge in [0.15, 0.2) is 5.76 Å². The fourth-order valence-corrected chi connectivity index (χ4v) is 3.02. The van der Waals surface area contributed by atoms with Gasteiger partial charge in [0.05, 0.1) is 6.04 Å². The van der Waals surface area contributed by atoms with E-state index in [9.17, 15) is 4.79 Å². The van der Waals surface area contributed by atoms with Crippen molar-refractivity contribution in [3.05, 3.63) is 48.3 Å². The lowest BCUT2D eigenvalue weighted by Crippen LogP contribution is -2.52. The van der Waals surface area contributed by atoms with Gasteiger partial charge >= 0.3 is 6.09 Å². The second kappa shape index (κ2) is 6.70. The molecule has 3 rings (SSSR count). The SMILES string of the molecule is O=C(O)N1CCN(C(C2=CC=CCC2)C2=COC=CO2)CC1. The van der Waals surface area contributed by atoms with Crippen LogP contribution in [0.2, 0.25) is 0 Å². The van der Waals surface area contributed by atoms with Gasteiger partial charge in [-0.3, -0.25) is 4.90 Å². The zero-order chi connectivity index (χ0) is 15.4. The number of rotatable bonds is 3. The molecule has 0 aromatic carbocycles. The lowest BCUT2D eigenvalue weighted by Gasteiger charge is -2.40. The Kier molecular flexibility index (Phi) is 4.48. The third kappa shape index (κ3) is 3.17. The Labute approximate surface area is 129 Å². The molecule has 1 aliphatic carbocycles. The zero-order valence-corrected chi connectivity index (χ0v) is 12.4. The Bertz CT molecular complexity index is 542. The monoisotopic (exact) mass is 304 g/mol. The normalized spacial score (nSPS) is 23.2. The molecule has 0 spiro atoms. The summed E-state index contributed by atoms with van der Waals surface area (Å²) >= 11 is 0. The molecular weight excluding hydrogens is 284 g/mol. The molecule has 2 aliphatic heterocycles. The maximum absolute atomic E-state index is 11.1. The molecular formula is C16H20N2O4. The van der Waals surface area contributed by atoms with Crippen molar-refractivity contribution in [1.82, 2.24) is 9.80 Å². The van der Waals surface area contributed by atoms with Crippen molar-refractivity contribution in [2.24, 2.45) is 0 Å². The fraction of sp³-hybridized carbons (Fsp3) is 0.438. The number of nitrogens with zero attached hydrogens (tertiary/aromatic N) is 2. The quantitative estimate of drug-likeness (QED) is 0.867. The van der Waals surface area contributed by atoms with Gasteiger partial charge in [-0.2, -0.15) is 0 Å². The summed E-state index contributed by atoms with van der Waals surface area (Å²) in [4.78, 5) is 14.8. The maximum atomic E-state index is 11.1. The van der Waals surface area contributed by atoms with Crippen LogP contribution in [0.15, 0.2) is 48.3 Å². The first-order valence-electron chi connectivity index (χ1n) is 7.50. The van der Waals surface area contributed by atoms with E-state index in [1.54, 1.807) is 6.26 Å². The molecule has 6 heteroatoms. The second-order valence-corrected chi connectivity index (χ2v) is 5.46. The standard InChI is InChI=1S/C16H20N2O4/c19-16(20)18-8-6-17(7-9-18)15(13-4-2-1-3-5-13)14-12-21-10-11-22-14/h1-2,4,10-12,15H,3,5-9H2,(H,19,20). The number of piperazine rings is 1. The van der Waals surface area contributed by atoms with Crippen LogP contribution in [-0.4, -0.2) is 53.2 Å². The molecule has 0 saturated carbocycles. The van der Waals surface area contributed by atoms with Crippen molar-refractivity contribution in [2.45, 2.75) is 18.9 Å². The summed E-state index contributed by atoms with van der Waals surface area (Å²) in [6.45, 7) is 2.39. The van der Waals surface area contributed by atoms with Crippen LogP contribution in [0.4, 0.5) is 4.79 Å². The predicted octanol–water partition coefficient (Wildman–Crippen LogP) is 2.29. The topological polar surface area (TPSA) is 62.2 Å². The van der Waals surface area contributed by atoms with Crippen molar-refractivity contribution < 1.29 is 19.4 Å². The van der Waals surface area contributed by atoms with Crippen molar-refractivity contribution in [3.63, 3.8) is 0 Å². The highest BCUT2D eigenvalue weighted by Gasteiger charge is 2.32. The van der Waals surface area contributed by atoms with Gasteiger partial charge in [-0.05, 0) is 18.4 Å². The van der Waals surface area contributed by atoms with Crippen LogP contribution in [0.1, 0.15) is 12.8 Å². The average molecular weight is 304 g/mol. The van der Waals surface area contributed by atoms with Crippen LogP contribution in [0.5, 0.6) is 0 Å². The third-order valence-electron chi connectivity index (χ3n) is 4.14. The first-order chi connectivity index (χ1) is 10.8. The van der Waals surface area contributed by atoms with E-state index in [-0.39, 0.29) is 6.04 Å². The summed E-state index contributed by atoms with van der Waals surface area (Å²) in [5.41, 5.74) is 1.27. The largest absolute Gasteiger partial charge is 0.466 e. The summed E-state index contributed by atoms with van der Waals surface area (Å²) < 4.78 is 10.9. The molecule has 2 heterocycles. The van der Waals surface area contributed by atoms with Crippen molar-refractivity contribution in [3.8, 4) is 0 Å². The lowest BCUT2D eigenvalue weighted by molar-refractivity contribution is 0.0840. The Morgan fingerprint density at radius 1 is 1.23 bits per heavy atom. The van der Waals surface area contributed by atoms with E-state index in [1.165, 1.54) is 23.0 Å². The molecule has 1 unspecified atom stereocenters. The van der Waals surface area contributed by atoms with Crippen LogP contribution in [0, 0.1) is 0 Å². The summed E-state index contributed by atoms with van der Waals surface area (Å²) in [5.74, 6) is 0.757. The highest BCUT2D eigenvalue weighted by atomic mass is 16.5. The van der Waals surface area contributed by atoms with Gasteiger partial charge in [0.1, 0.15) is 18.8 Å². The molecule has 0 aromatic heterocycles. The van der Waals surface area contributed by atoms with Crippen LogP contribution in [-0.2, 0) is 9.47 Å². The summed E-state index contributed by atoms with van der Waals surface area (Å²) in [6.07, 6.45) is 12.2. The molecule has 22 heavy (non-hydrogen) atoms. The van der Waals surface area contributed by atoms with E-state index >= 15 is 0 Å². The van der Waals surface area contributed by atoms with Crippen molar-refractivity contribution in [2.75, 3.05) is 26.2 Å². The van der Waals surface area contributed by atoms with Gasteiger partial charge in [0.25, 0.3) is 0 Å². The van der Waals surface area contributed by atoms with Gasteiger partial charge < -0.3 is 19.5 Å². The molecule has 0 radical (unpaired) electrons. The molecule has 1 atom stereocenters.